The highest BCUT2D eigenvalue weighted by Gasteiger charge is 2.27. The van der Waals surface area contributed by atoms with Crippen LogP contribution in [0, 0.1) is 6.92 Å². The number of ether oxygens (including phenoxy) is 1. The molecular weight excluding hydrogens is 208 g/mol. The van der Waals surface area contributed by atoms with Gasteiger partial charge in [0.1, 0.15) is 0 Å². The van der Waals surface area contributed by atoms with Crippen molar-refractivity contribution in [1.82, 2.24) is 10.3 Å². The largest absolute Gasteiger partial charge is 0.381 e. The van der Waals surface area contributed by atoms with E-state index < -0.39 is 0 Å². The number of aromatic nitrogens is 1. The predicted molar refractivity (Wildman–Crippen MR) is 60.6 cm³/mol. The Labute approximate surface area is 93.9 Å². The first-order valence-corrected chi connectivity index (χ1v) is 6.42. The van der Waals surface area contributed by atoms with Gasteiger partial charge in [-0.25, -0.2) is 4.98 Å². The Bertz CT molecular complexity index is 353. The summed E-state index contributed by atoms with van der Waals surface area (Å²) in [5.41, 5.74) is 1.31. The molecule has 15 heavy (non-hydrogen) atoms. The first-order chi connectivity index (χ1) is 7.34. The fourth-order valence-corrected chi connectivity index (χ4v) is 3.30. The van der Waals surface area contributed by atoms with Gasteiger partial charge < -0.3 is 10.1 Å². The second-order valence-electron chi connectivity index (χ2n) is 4.41. The van der Waals surface area contributed by atoms with E-state index in [2.05, 4.69) is 12.2 Å². The van der Waals surface area contributed by atoms with E-state index in [4.69, 9.17) is 9.72 Å². The molecule has 0 spiro atoms. The molecule has 2 saturated heterocycles. The van der Waals surface area contributed by atoms with Crippen molar-refractivity contribution >= 4 is 11.3 Å². The van der Waals surface area contributed by atoms with Crippen LogP contribution < -0.4 is 5.32 Å². The van der Waals surface area contributed by atoms with Gasteiger partial charge in [0.15, 0.2) is 0 Å². The molecule has 0 aliphatic carbocycles. The molecule has 0 amide bonds. The van der Waals surface area contributed by atoms with E-state index in [0.717, 1.165) is 32.7 Å². The molecular formula is C11H16N2OS. The maximum atomic E-state index is 5.43. The molecule has 0 saturated carbocycles. The van der Waals surface area contributed by atoms with Gasteiger partial charge in [0.2, 0.25) is 0 Å². The van der Waals surface area contributed by atoms with Crippen LogP contribution in [0.3, 0.4) is 0 Å². The Morgan fingerprint density at radius 1 is 1.40 bits per heavy atom. The van der Waals surface area contributed by atoms with Gasteiger partial charge in [0, 0.05) is 36.4 Å². The van der Waals surface area contributed by atoms with Crippen LogP contribution in [-0.2, 0) is 4.74 Å². The zero-order chi connectivity index (χ0) is 10.3. The maximum Gasteiger partial charge on any atom is 0.0987 e. The van der Waals surface area contributed by atoms with Crippen molar-refractivity contribution in [3.8, 4) is 0 Å². The third kappa shape index (κ3) is 1.71. The summed E-state index contributed by atoms with van der Waals surface area (Å²) in [6, 6.07) is 0. The molecule has 3 rings (SSSR count). The van der Waals surface area contributed by atoms with E-state index in [-0.39, 0.29) is 0 Å². The second-order valence-corrected chi connectivity index (χ2v) is 5.64. The molecule has 0 bridgehead atoms. The minimum absolute atomic E-state index is 0.558. The van der Waals surface area contributed by atoms with Gasteiger partial charge >= 0.3 is 0 Å². The van der Waals surface area contributed by atoms with Crippen molar-refractivity contribution in [2.45, 2.75) is 25.2 Å². The molecule has 2 aliphatic heterocycles. The molecule has 1 atom stereocenters. The van der Waals surface area contributed by atoms with Crippen LogP contribution in [0.25, 0.3) is 0 Å². The molecule has 2 fully saturated rings. The summed E-state index contributed by atoms with van der Waals surface area (Å²) < 4.78 is 5.43. The number of nitrogens with one attached hydrogen (secondary N) is 1. The fourth-order valence-electron chi connectivity index (χ4n) is 2.20. The molecule has 3 nitrogen and oxygen atoms in total. The third-order valence-corrected chi connectivity index (χ3v) is 4.45. The van der Waals surface area contributed by atoms with E-state index in [1.165, 1.54) is 15.6 Å². The van der Waals surface area contributed by atoms with Crippen LogP contribution in [0.5, 0.6) is 0 Å². The van der Waals surface area contributed by atoms with Gasteiger partial charge in [-0.3, -0.25) is 0 Å². The zero-order valence-corrected chi connectivity index (χ0v) is 9.77. The second kappa shape index (κ2) is 3.85. The number of nitrogens with zero attached hydrogens (tertiary/aromatic N) is 1. The summed E-state index contributed by atoms with van der Waals surface area (Å²) in [5, 5.41) is 4.63. The third-order valence-electron chi connectivity index (χ3n) is 3.30. The Morgan fingerprint density at radius 2 is 2.27 bits per heavy atom. The Hall–Kier alpha value is -0.450. The van der Waals surface area contributed by atoms with Crippen molar-refractivity contribution in [2.75, 3.05) is 26.3 Å². The maximum absolute atomic E-state index is 5.43. The highest BCUT2D eigenvalue weighted by Crippen LogP contribution is 2.33. The van der Waals surface area contributed by atoms with Crippen LogP contribution in [0.2, 0.25) is 0 Å². The fraction of sp³-hybridized carbons (Fsp3) is 0.727. The number of hydrogen-bond donors (Lipinski definition) is 1. The van der Waals surface area contributed by atoms with E-state index in [1.807, 2.05) is 11.3 Å². The van der Waals surface area contributed by atoms with Crippen molar-refractivity contribution in [3.05, 3.63) is 15.6 Å². The van der Waals surface area contributed by atoms with Crippen molar-refractivity contribution in [3.63, 3.8) is 0 Å². The topological polar surface area (TPSA) is 34.2 Å². The van der Waals surface area contributed by atoms with Crippen molar-refractivity contribution in [2.24, 2.45) is 0 Å². The first kappa shape index (κ1) is 9.75. The van der Waals surface area contributed by atoms with Crippen LogP contribution in [-0.4, -0.2) is 31.3 Å². The van der Waals surface area contributed by atoms with E-state index in [1.54, 1.807) is 0 Å². The lowest BCUT2D eigenvalue weighted by Gasteiger charge is -2.24. The van der Waals surface area contributed by atoms with Gasteiger partial charge in [-0.15, -0.1) is 11.3 Å². The van der Waals surface area contributed by atoms with Crippen molar-refractivity contribution in [1.29, 1.82) is 0 Å². The van der Waals surface area contributed by atoms with Crippen LogP contribution >= 0.6 is 11.3 Å². The van der Waals surface area contributed by atoms with Crippen LogP contribution in [0.15, 0.2) is 0 Å². The predicted octanol–water partition coefficient (Wildman–Crippen LogP) is 1.64. The quantitative estimate of drug-likeness (QED) is 0.829. The van der Waals surface area contributed by atoms with Gasteiger partial charge in [-0.2, -0.15) is 0 Å². The highest BCUT2D eigenvalue weighted by molar-refractivity contribution is 7.11. The molecule has 2 aliphatic rings. The minimum atomic E-state index is 0.558. The molecule has 0 aromatic carbocycles. The van der Waals surface area contributed by atoms with E-state index in [0.29, 0.717) is 11.8 Å². The summed E-state index contributed by atoms with van der Waals surface area (Å²) in [4.78, 5) is 6.21. The van der Waals surface area contributed by atoms with Gasteiger partial charge in [0.05, 0.1) is 17.3 Å². The lowest BCUT2D eigenvalue weighted by atomic mass is 10.0. The number of hydrogen-bond acceptors (Lipinski definition) is 4. The Balaban J connectivity index is 1.84. The Kier molecular flexibility index (Phi) is 2.50. The van der Waals surface area contributed by atoms with E-state index in [9.17, 15) is 0 Å². The smallest absolute Gasteiger partial charge is 0.0987 e. The normalized spacial score (nSPS) is 26.9. The first-order valence-electron chi connectivity index (χ1n) is 5.60. The molecule has 1 aromatic rings. The van der Waals surface area contributed by atoms with E-state index >= 15 is 0 Å². The molecule has 82 valence electrons. The van der Waals surface area contributed by atoms with Crippen LogP contribution in [0.4, 0.5) is 0 Å². The summed E-state index contributed by atoms with van der Waals surface area (Å²) in [7, 11) is 0. The van der Waals surface area contributed by atoms with Gasteiger partial charge in [0.25, 0.3) is 0 Å². The average molecular weight is 224 g/mol. The minimum Gasteiger partial charge on any atom is -0.381 e. The molecule has 1 N–H and O–H groups in total. The SMILES string of the molecule is Cc1sc(C2CNC2)nc1C1CCOC1. The van der Waals surface area contributed by atoms with Crippen molar-refractivity contribution < 1.29 is 4.74 Å². The molecule has 0 radical (unpaired) electrons. The summed E-state index contributed by atoms with van der Waals surface area (Å²) in [6.07, 6.45) is 1.15. The lowest BCUT2D eigenvalue weighted by Crippen LogP contribution is -2.39. The monoisotopic (exact) mass is 224 g/mol. The molecule has 3 heterocycles. The molecule has 4 heteroatoms. The van der Waals surface area contributed by atoms with Gasteiger partial charge in [-0.05, 0) is 13.3 Å². The summed E-state index contributed by atoms with van der Waals surface area (Å²) in [6.45, 7) is 6.18. The standard InChI is InChI=1S/C11H16N2OS/c1-7-10(8-2-3-14-6-8)13-11(15-7)9-4-12-5-9/h8-9,12H,2-6H2,1H3. The number of thiazole rings is 1. The zero-order valence-electron chi connectivity index (χ0n) is 8.95. The molecule has 1 aromatic heterocycles. The lowest BCUT2D eigenvalue weighted by molar-refractivity contribution is 0.193. The number of rotatable bonds is 2. The Morgan fingerprint density at radius 3 is 2.87 bits per heavy atom. The highest BCUT2D eigenvalue weighted by atomic mass is 32.1. The van der Waals surface area contributed by atoms with Crippen LogP contribution in [0.1, 0.15) is 33.8 Å². The average Bonchev–Trinajstić information content (AvgIpc) is 2.70. The number of aryl methyl sites for hydroxylation is 1. The van der Waals surface area contributed by atoms with Gasteiger partial charge in [-0.1, -0.05) is 0 Å². The summed E-state index contributed by atoms with van der Waals surface area (Å²) in [5.74, 6) is 1.23. The molecule has 1 unspecified atom stereocenters. The summed E-state index contributed by atoms with van der Waals surface area (Å²) >= 11 is 1.88.